The summed E-state index contributed by atoms with van der Waals surface area (Å²) in [5.41, 5.74) is 0. The molecule has 20 heavy (non-hydrogen) atoms. The van der Waals surface area contributed by atoms with E-state index in [4.69, 9.17) is 14.6 Å². The van der Waals surface area contributed by atoms with Crippen molar-refractivity contribution in [2.45, 2.75) is 76.2 Å². The zero-order valence-corrected chi connectivity index (χ0v) is 12.1. The molecule has 0 saturated carbocycles. The Balaban J connectivity index is 2.17. The average Bonchev–Trinajstić information content (AvgIpc) is 2.74. The smallest absolute Gasteiger partial charge is 0.186 e. The zero-order valence-electron chi connectivity index (χ0n) is 12.1. The maximum atomic E-state index is 9.75. The lowest BCUT2D eigenvalue weighted by Crippen LogP contribution is -2.40. The van der Waals surface area contributed by atoms with Gasteiger partial charge < -0.3 is 29.9 Å². The Kier molecular flexibility index (Phi) is 8.60. The molecule has 4 N–H and O–H groups in total. The summed E-state index contributed by atoms with van der Waals surface area (Å²) in [6, 6.07) is 0. The molecular weight excluding hydrogens is 264 g/mol. The quantitative estimate of drug-likeness (QED) is 0.428. The molecule has 5 atom stereocenters. The van der Waals surface area contributed by atoms with Gasteiger partial charge >= 0.3 is 0 Å². The number of aliphatic hydroxyl groups is 4. The molecule has 0 aromatic heterocycles. The highest BCUT2D eigenvalue weighted by Gasteiger charge is 2.46. The van der Waals surface area contributed by atoms with E-state index < -0.39 is 37.3 Å². The van der Waals surface area contributed by atoms with E-state index in [9.17, 15) is 15.3 Å². The average molecular weight is 292 g/mol. The van der Waals surface area contributed by atoms with Crippen molar-refractivity contribution in [1.29, 1.82) is 0 Å². The number of ether oxygens (including phenoxy) is 2. The van der Waals surface area contributed by atoms with E-state index in [0.29, 0.717) is 6.61 Å². The van der Waals surface area contributed by atoms with E-state index in [0.717, 1.165) is 12.8 Å². The molecule has 1 rings (SSSR count). The third kappa shape index (κ3) is 5.27. The van der Waals surface area contributed by atoms with Crippen molar-refractivity contribution >= 4 is 0 Å². The lowest BCUT2D eigenvalue weighted by molar-refractivity contribution is -0.181. The van der Waals surface area contributed by atoms with Crippen LogP contribution in [0.15, 0.2) is 0 Å². The fourth-order valence-electron chi connectivity index (χ4n) is 2.31. The van der Waals surface area contributed by atoms with Gasteiger partial charge in [-0.3, -0.25) is 0 Å². The van der Waals surface area contributed by atoms with E-state index in [1.807, 2.05) is 0 Å². The maximum absolute atomic E-state index is 9.75. The molecule has 0 radical (unpaired) electrons. The lowest BCUT2D eigenvalue weighted by atomic mass is 10.1. The third-order valence-corrected chi connectivity index (χ3v) is 3.60. The van der Waals surface area contributed by atoms with Crippen molar-refractivity contribution in [2.75, 3.05) is 13.2 Å². The van der Waals surface area contributed by atoms with Gasteiger partial charge in [-0.15, -0.1) is 0 Å². The lowest BCUT2D eigenvalue weighted by Gasteiger charge is -2.18. The third-order valence-electron chi connectivity index (χ3n) is 3.60. The minimum absolute atomic E-state index is 0.447. The molecule has 6 nitrogen and oxygen atoms in total. The number of hydrogen-bond acceptors (Lipinski definition) is 6. The van der Waals surface area contributed by atoms with Gasteiger partial charge in [0.25, 0.3) is 0 Å². The SMILES string of the molecule is CCCCCCCCO[C@H]1O[C@@H]([C@H](O)CO)[C@H](O)[C@H]1O. The first kappa shape index (κ1) is 17.8. The van der Waals surface area contributed by atoms with Crippen molar-refractivity contribution < 1.29 is 29.9 Å². The summed E-state index contributed by atoms with van der Waals surface area (Å²) in [6.45, 7) is 2.09. The van der Waals surface area contributed by atoms with Gasteiger partial charge in [-0.05, 0) is 6.42 Å². The first-order chi connectivity index (χ1) is 9.61. The number of unbranched alkanes of at least 4 members (excludes halogenated alkanes) is 5. The molecule has 120 valence electrons. The molecular formula is C14H28O6. The molecule has 1 heterocycles. The second-order valence-electron chi connectivity index (χ2n) is 5.34. The molecule has 1 saturated heterocycles. The van der Waals surface area contributed by atoms with Crippen molar-refractivity contribution in [2.24, 2.45) is 0 Å². The van der Waals surface area contributed by atoms with Gasteiger partial charge in [0.2, 0.25) is 0 Å². The van der Waals surface area contributed by atoms with Crippen LogP contribution in [0.4, 0.5) is 0 Å². The van der Waals surface area contributed by atoms with Crippen molar-refractivity contribution in [3.63, 3.8) is 0 Å². The summed E-state index contributed by atoms with van der Waals surface area (Å²) in [4.78, 5) is 0. The van der Waals surface area contributed by atoms with Gasteiger partial charge in [0.1, 0.15) is 24.4 Å². The molecule has 0 aliphatic carbocycles. The van der Waals surface area contributed by atoms with Crippen LogP contribution in [0.25, 0.3) is 0 Å². The molecule has 1 aliphatic heterocycles. The van der Waals surface area contributed by atoms with Crippen molar-refractivity contribution in [1.82, 2.24) is 0 Å². The molecule has 0 aromatic carbocycles. The van der Waals surface area contributed by atoms with Gasteiger partial charge in [0, 0.05) is 6.61 Å². The molecule has 1 aliphatic rings. The first-order valence-corrected chi connectivity index (χ1v) is 7.54. The topological polar surface area (TPSA) is 99.4 Å². The van der Waals surface area contributed by atoms with Crippen molar-refractivity contribution in [3.05, 3.63) is 0 Å². The van der Waals surface area contributed by atoms with Crippen LogP contribution in [-0.4, -0.2) is 64.3 Å². The van der Waals surface area contributed by atoms with Crippen LogP contribution in [0.5, 0.6) is 0 Å². The second-order valence-corrected chi connectivity index (χ2v) is 5.34. The van der Waals surface area contributed by atoms with Crippen LogP contribution >= 0.6 is 0 Å². The Hall–Kier alpha value is -0.240. The van der Waals surface area contributed by atoms with Crippen molar-refractivity contribution in [3.8, 4) is 0 Å². The van der Waals surface area contributed by atoms with Gasteiger partial charge in [-0.25, -0.2) is 0 Å². The van der Waals surface area contributed by atoms with Gasteiger partial charge in [-0.2, -0.15) is 0 Å². The van der Waals surface area contributed by atoms with Gasteiger partial charge in [0.15, 0.2) is 6.29 Å². The molecule has 0 spiro atoms. The Labute approximate surface area is 120 Å². The summed E-state index contributed by atoms with van der Waals surface area (Å²) in [7, 11) is 0. The summed E-state index contributed by atoms with van der Waals surface area (Å²) < 4.78 is 10.6. The fraction of sp³-hybridized carbons (Fsp3) is 1.00. The van der Waals surface area contributed by atoms with E-state index >= 15 is 0 Å². The van der Waals surface area contributed by atoms with Crippen LogP contribution < -0.4 is 0 Å². The van der Waals surface area contributed by atoms with Crippen LogP contribution in [0.3, 0.4) is 0 Å². The van der Waals surface area contributed by atoms with Crippen LogP contribution in [0.1, 0.15) is 45.4 Å². The number of aliphatic hydroxyl groups excluding tert-OH is 4. The molecule has 1 fully saturated rings. The maximum Gasteiger partial charge on any atom is 0.186 e. The minimum Gasteiger partial charge on any atom is -0.394 e. The fourth-order valence-corrected chi connectivity index (χ4v) is 2.31. The highest BCUT2D eigenvalue weighted by molar-refractivity contribution is 4.90. The van der Waals surface area contributed by atoms with Crippen LogP contribution in [0, 0.1) is 0 Å². The number of hydrogen-bond donors (Lipinski definition) is 4. The monoisotopic (exact) mass is 292 g/mol. The zero-order chi connectivity index (χ0) is 15.0. The second kappa shape index (κ2) is 9.65. The number of rotatable bonds is 10. The normalized spacial score (nSPS) is 31.6. The summed E-state index contributed by atoms with van der Waals surface area (Å²) in [5.74, 6) is 0. The highest BCUT2D eigenvalue weighted by Crippen LogP contribution is 2.24. The van der Waals surface area contributed by atoms with E-state index in [2.05, 4.69) is 6.92 Å². The Morgan fingerprint density at radius 3 is 2.35 bits per heavy atom. The predicted octanol–water partition coefficient (Wildman–Crippen LogP) is 0.163. The molecule has 0 unspecified atom stereocenters. The van der Waals surface area contributed by atoms with Crippen LogP contribution in [-0.2, 0) is 9.47 Å². The Morgan fingerprint density at radius 2 is 1.70 bits per heavy atom. The summed E-state index contributed by atoms with van der Waals surface area (Å²) in [6.07, 6.45) is 1.19. The van der Waals surface area contributed by atoms with Crippen LogP contribution in [0.2, 0.25) is 0 Å². The molecule has 0 aromatic rings. The molecule has 0 amide bonds. The molecule has 0 bridgehead atoms. The summed E-state index contributed by atoms with van der Waals surface area (Å²) in [5, 5.41) is 37.7. The first-order valence-electron chi connectivity index (χ1n) is 7.54. The largest absolute Gasteiger partial charge is 0.394 e. The predicted molar refractivity (Wildman–Crippen MR) is 73.1 cm³/mol. The van der Waals surface area contributed by atoms with E-state index in [1.54, 1.807) is 0 Å². The minimum atomic E-state index is -1.24. The standard InChI is InChI=1S/C14H28O6/c1-2-3-4-5-6-7-8-19-14-12(18)11(17)13(20-14)10(16)9-15/h10-18H,2-9H2,1H3/t10-,11-,12-,13+,14+/m1/s1. The van der Waals surface area contributed by atoms with Gasteiger partial charge in [0.05, 0.1) is 6.61 Å². The van der Waals surface area contributed by atoms with E-state index in [-0.39, 0.29) is 0 Å². The highest BCUT2D eigenvalue weighted by atomic mass is 16.7. The molecule has 6 heteroatoms. The Bertz CT molecular complexity index is 250. The van der Waals surface area contributed by atoms with Gasteiger partial charge in [-0.1, -0.05) is 39.0 Å². The van der Waals surface area contributed by atoms with E-state index in [1.165, 1.54) is 25.7 Å². The summed E-state index contributed by atoms with van der Waals surface area (Å²) >= 11 is 0. The Morgan fingerprint density at radius 1 is 1.05 bits per heavy atom.